The number of hydrogen-bond acceptors (Lipinski definition) is 3. The number of aliphatic hydroxyl groups is 1. The molecule has 0 heterocycles. The number of aliphatic hydroxyl groups excluding tert-OH is 1. The van der Waals surface area contributed by atoms with Crippen molar-refractivity contribution in [3.05, 3.63) is 29.8 Å². The van der Waals surface area contributed by atoms with Crippen molar-refractivity contribution in [1.29, 1.82) is 0 Å². The summed E-state index contributed by atoms with van der Waals surface area (Å²) in [5, 5.41) is 8.68. The van der Waals surface area contributed by atoms with Gasteiger partial charge in [0.05, 0.1) is 11.0 Å². The fourth-order valence-corrected chi connectivity index (χ4v) is 1.69. The van der Waals surface area contributed by atoms with Gasteiger partial charge < -0.3 is 5.11 Å². The van der Waals surface area contributed by atoms with Crippen LogP contribution in [-0.4, -0.2) is 24.2 Å². The van der Waals surface area contributed by atoms with Crippen LogP contribution in [0.3, 0.4) is 0 Å². The predicted octanol–water partition coefficient (Wildman–Crippen LogP) is 2.80. The fraction of sp³-hybridized carbons (Fsp3) is 0.538. The number of hydrogen-bond donors (Lipinski definition) is 2. The van der Waals surface area contributed by atoms with Crippen molar-refractivity contribution in [2.45, 2.75) is 51.0 Å². The molecule has 0 saturated carbocycles. The lowest BCUT2D eigenvalue weighted by atomic mass is 10.2. The average molecular weight is 274 g/mol. The van der Waals surface area contributed by atoms with E-state index in [1.54, 1.807) is 12.1 Å². The van der Waals surface area contributed by atoms with Crippen LogP contribution in [0.1, 0.15) is 38.7 Å². The number of aryl methyl sites for hydroxylation is 1. The number of rotatable bonds is 4. The van der Waals surface area contributed by atoms with E-state index in [9.17, 15) is 8.42 Å². The maximum atomic E-state index is 10.5. The van der Waals surface area contributed by atoms with E-state index >= 15 is 0 Å². The van der Waals surface area contributed by atoms with Crippen molar-refractivity contribution in [3.8, 4) is 0 Å². The Bertz CT molecular complexity index is 421. The van der Waals surface area contributed by atoms with Crippen molar-refractivity contribution in [1.82, 2.24) is 0 Å². The fourth-order valence-electron chi connectivity index (χ4n) is 1.21. The first-order chi connectivity index (χ1) is 8.27. The SMILES string of the molecule is CCCCC(C)O.Cc1ccc(S(=O)(=O)O)cc1. The summed E-state index contributed by atoms with van der Waals surface area (Å²) in [6, 6.07) is 5.99. The number of unbranched alkanes of at least 4 members (excludes halogenated alkanes) is 1. The molecule has 18 heavy (non-hydrogen) atoms. The molecule has 104 valence electrons. The van der Waals surface area contributed by atoms with E-state index in [0.717, 1.165) is 18.4 Å². The maximum Gasteiger partial charge on any atom is 0.294 e. The van der Waals surface area contributed by atoms with Gasteiger partial charge in [-0.2, -0.15) is 8.42 Å². The lowest BCUT2D eigenvalue weighted by Gasteiger charge is -1.98. The van der Waals surface area contributed by atoms with Crippen LogP contribution in [0.2, 0.25) is 0 Å². The minimum absolute atomic E-state index is 0.0666. The molecule has 0 aromatic heterocycles. The van der Waals surface area contributed by atoms with Gasteiger partial charge in [0.25, 0.3) is 10.1 Å². The van der Waals surface area contributed by atoms with Crippen molar-refractivity contribution in [3.63, 3.8) is 0 Å². The van der Waals surface area contributed by atoms with Crippen molar-refractivity contribution < 1.29 is 18.1 Å². The third-order valence-corrected chi connectivity index (χ3v) is 3.16. The molecule has 0 aliphatic heterocycles. The van der Waals surface area contributed by atoms with Gasteiger partial charge in [-0.1, -0.05) is 37.5 Å². The number of benzene rings is 1. The van der Waals surface area contributed by atoms with Crippen LogP contribution in [0.15, 0.2) is 29.2 Å². The second-order valence-electron chi connectivity index (χ2n) is 4.28. The highest BCUT2D eigenvalue weighted by Crippen LogP contribution is 2.08. The first-order valence-electron chi connectivity index (χ1n) is 5.99. The lowest BCUT2D eigenvalue weighted by Crippen LogP contribution is -1.97. The Labute approximate surface area is 109 Å². The zero-order chi connectivity index (χ0) is 14.2. The zero-order valence-corrected chi connectivity index (χ0v) is 11.9. The molecular formula is C13H22O4S. The van der Waals surface area contributed by atoms with E-state index in [1.807, 2.05) is 13.8 Å². The summed E-state index contributed by atoms with van der Waals surface area (Å²) in [7, 11) is -4.02. The van der Waals surface area contributed by atoms with E-state index in [1.165, 1.54) is 18.6 Å². The first-order valence-corrected chi connectivity index (χ1v) is 7.43. The summed E-state index contributed by atoms with van der Waals surface area (Å²) in [4.78, 5) is -0.0666. The first kappa shape index (κ1) is 17.1. The van der Waals surface area contributed by atoms with Gasteiger partial charge in [-0.05, 0) is 32.4 Å². The summed E-state index contributed by atoms with van der Waals surface area (Å²) in [6.07, 6.45) is 3.19. The third-order valence-electron chi connectivity index (χ3n) is 2.29. The van der Waals surface area contributed by atoms with Gasteiger partial charge in [0.1, 0.15) is 0 Å². The van der Waals surface area contributed by atoms with Crippen molar-refractivity contribution in [2.24, 2.45) is 0 Å². The van der Waals surface area contributed by atoms with Gasteiger partial charge in [-0.25, -0.2) is 0 Å². The molecule has 1 rings (SSSR count). The second kappa shape index (κ2) is 8.24. The Balaban J connectivity index is 0.000000360. The second-order valence-corrected chi connectivity index (χ2v) is 5.70. The van der Waals surface area contributed by atoms with E-state index in [0.29, 0.717) is 0 Å². The van der Waals surface area contributed by atoms with Gasteiger partial charge in [0.2, 0.25) is 0 Å². The molecule has 0 radical (unpaired) electrons. The van der Waals surface area contributed by atoms with Crippen molar-refractivity contribution in [2.75, 3.05) is 0 Å². The molecule has 0 spiro atoms. The largest absolute Gasteiger partial charge is 0.393 e. The van der Waals surface area contributed by atoms with Gasteiger partial charge >= 0.3 is 0 Å². The smallest absolute Gasteiger partial charge is 0.294 e. The highest BCUT2D eigenvalue weighted by molar-refractivity contribution is 7.85. The van der Waals surface area contributed by atoms with E-state index < -0.39 is 10.1 Å². The Morgan fingerprint density at radius 1 is 1.22 bits per heavy atom. The molecule has 5 heteroatoms. The molecule has 2 N–H and O–H groups in total. The molecule has 4 nitrogen and oxygen atoms in total. The average Bonchev–Trinajstić information content (AvgIpc) is 2.26. The Hall–Kier alpha value is -0.910. The monoisotopic (exact) mass is 274 g/mol. The van der Waals surface area contributed by atoms with Crippen LogP contribution in [0.5, 0.6) is 0 Å². The molecule has 1 aromatic carbocycles. The van der Waals surface area contributed by atoms with Crippen LogP contribution < -0.4 is 0 Å². The van der Waals surface area contributed by atoms with E-state index in [4.69, 9.17) is 9.66 Å². The molecule has 0 bridgehead atoms. The highest BCUT2D eigenvalue weighted by atomic mass is 32.2. The molecular weight excluding hydrogens is 252 g/mol. The summed E-state index contributed by atoms with van der Waals surface area (Å²) in [5.41, 5.74) is 0.956. The van der Waals surface area contributed by atoms with Crippen LogP contribution in [0, 0.1) is 6.92 Å². The van der Waals surface area contributed by atoms with Crippen molar-refractivity contribution >= 4 is 10.1 Å². The van der Waals surface area contributed by atoms with Gasteiger partial charge in [0, 0.05) is 0 Å². The molecule has 1 unspecified atom stereocenters. The Morgan fingerprint density at radius 3 is 2.00 bits per heavy atom. The zero-order valence-electron chi connectivity index (χ0n) is 11.1. The predicted molar refractivity (Wildman–Crippen MR) is 72.2 cm³/mol. The van der Waals surface area contributed by atoms with Crippen LogP contribution in [0.4, 0.5) is 0 Å². The molecule has 0 amide bonds. The Kier molecular flexibility index (Phi) is 7.82. The minimum Gasteiger partial charge on any atom is -0.393 e. The maximum absolute atomic E-state index is 10.5. The third kappa shape index (κ3) is 8.22. The standard InChI is InChI=1S/C7H8O3S.C6H14O/c1-6-2-4-7(5-3-6)11(8,9)10;1-3-4-5-6(2)7/h2-5H,1H3,(H,8,9,10);6-7H,3-5H2,1-2H3. The van der Waals surface area contributed by atoms with Gasteiger partial charge in [-0.15, -0.1) is 0 Å². The van der Waals surface area contributed by atoms with E-state index in [-0.39, 0.29) is 11.0 Å². The quantitative estimate of drug-likeness (QED) is 0.828. The van der Waals surface area contributed by atoms with Crippen LogP contribution in [0.25, 0.3) is 0 Å². The molecule has 1 atom stereocenters. The topological polar surface area (TPSA) is 74.6 Å². The van der Waals surface area contributed by atoms with Crippen LogP contribution in [-0.2, 0) is 10.1 Å². The summed E-state index contributed by atoms with van der Waals surface area (Å²) in [6.45, 7) is 5.80. The highest BCUT2D eigenvalue weighted by Gasteiger charge is 2.06. The van der Waals surface area contributed by atoms with Gasteiger partial charge in [-0.3, -0.25) is 4.55 Å². The summed E-state index contributed by atoms with van der Waals surface area (Å²) >= 11 is 0. The molecule has 0 saturated heterocycles. The molecule has 1 aromatic rings. The van der Waals surface area contributed by atoms with Gasteiger partial charge in [0.15, 0.2) is 0 Å². The lowest BCUT2D eigenvalue weighted by molar-refractivity contribution is 0.181. The molecule has 0 aliphatic carbocycles. The normalized spacial score (nSPS) is 12.5. The summed E-state index contributed by atoms with van der Waals surface area (Å²) in [5.74, 6) is 0. The van der Waals surface area contributed by atoms with Crippen LogP contribution >= 0.6 is 0 Å². The summed E-state index contributed by atoms with van der Waals surface area (Å²) < 4.78 is 29.6. The molecule has 0 fully saturated rings. The minimum atomic E-state index is -4.02. The van der Waals surface area contributed by atoms with E-state index in [2.05, 4.69) is 6.92 Å². The Morgan fingerprint density at radius 2 is 1.72 bits per heavy atom. The molecule has 0 aliphatic rings.